The average Bonchev–Trinajstić information content (AvgIpc) is 2.34. The molecule has 6 heteroatoms. The van der Waals surface area contributed by atoms with Crippen LogP contribution in [0.1, 0.15) is 29.9 Å². The van der Waals surface area contributed by atoms with Gasteiger partial charge in [-0.2, -0.15) is 0 Å². The lowest BCUT2D eigenvalue weighted by molar-refractivity contribution is -0.144. The Hall–Kier alpha value is -2.11. The van der Waals surface area contributed by atoms with Crippen molar-refractivity contribution in [2.45, 2.75) is 26.3 Å². The van der Waals surface area contributed by atoms with Gasteiger partial charge >= 0.3 is 0 Å². The number of nitrogens with two attached hydrogens (primary N) is 1. The van der Waals surface area contributed by atoms with E-state index in [4.69, 9.17) is 5.73 Å². The molecule has 108 valence electrons. The topological polar surface area (TPSA) is 79.5 Å². The van der Waals surface area contributed by atoms with Crippen molar-refractivity contribution in [1.29, 1.82) is 0 Å². The Kier molecular flexibility index (Phi) is 3.41. The summed E-state index contributed by atoms with van der Waals surface area (Å²) in [6.45, 7) is 6.36. The zero-order valence-corrected chi connectivity index (χ0v) is 12.3. The van der Waals surface area contributed by atoms with Gasteiger partial charge in [-0.05, 0) is 32.9 Å². The van der Waals surface area contributed by atoms with Crippen LogP contribution < -0.4 is 5.73 Å². The molecule has 0 aliphatic carbocycles. The maximum atomic E-state index is 12.6. The fourth-order valence-electron chi connectivity index (χ4n) is 2.54. The lowest BCUT2D eigenvalue weighted by Crippen LogP contribution is -2.63. The standard InChI is InChI=1S/C14H20N4O2/c1-9-7-10(8-11(15)16-9)12(19)18-6-5-17(4)13(20)14(18,2)3/h7-8H,5-6H2,1-4H3,(H2,15,16). The summed E-state index contributed by atoms with van der Waals surface area (Å²) in [4.78, 5) is 32.2. The van der Waals surface area contributed by atoms with Crippen molar-refractivity contribution in [2.24, 2.45) is 0 Å². The number of hydrogen-bond acceptors (Lipinski definition) is 4. The third-order valence-electron chi connectivity index (χ3n) is 3.67. The van der Waals surface area contributed by atoms with Crippen molar-refractivity contribution in [3.8, 4) is 0 Å². The second-order valence-corrected chi connectivity index (χ2v) is 5.66. The highest BCUT2D eigenvalue weighted by Crippen LogP contribution is 2.24. The summed E-state index contributed by atoms with van der Waals surface area (Å²) >= 11 is 0. The molecule has 0 bridgehead atoms. The molecule has 2 heterocycles. The largest absolute Gasteiger partial charge is 0.384 e. The molecule has 0 spiro atoms. The maximum absolute atomic E-state index is 12.6. The van der Waals surface area contributed by atoms with Crippen molar-refractivity contribution < 1.29 is 9.59 Å². The Balaban J connectivity index is 2.35. The summed E-state index contributed by atoms with van der Waals surface area (Å²) in [7, 11) is 1.75. The first-order valence-electron chi connectivity index (χ1n) is 6.55. The molecule has 1 saturated heterocycles. The van der Waals surface area contributed by atoms with Crippen molar-refractivity contribution in [3.63, 3.8) is 0 Å². The van der Waals surface area contributed by atoms with Gasteiger partial charge in [0.1, 0.15) is 11.4 Å². The number of nitrogens with zero attached hydrogens (tertiary/aromatic N) is 3. The van der Waals surface area contributed by atoms with Crippen LogP contribution in [-0.4, -0.2) is 52.3 Å². The lowest BCUT2D eigenvalue weighted by Gasteiger charge is -2.44. The van der Waals surface area contributed by atoms with Gasteiger partial charge in [-0.15, -0.1) is 0 Å². The first-order chi connectivity index (χ1) is 9.23. The van der Waals surface area contributed by atoms with E-state index in [0.29, 0.717) is 30.2 Å². The van der Waals surface area contributed by atoms with Gasteiger partial charge in [0, 0.05) is 31.4 Å². The van der Waals surface area contributed by atoms with Gasteiger partial charge in [-0.1, -0.05) is 0 Å². The molecule has 6 nitrogen and oxygen atoms in total. The molecule has 0 aromatic carbocycles. The number of likely N-dealkylation sites (N-methyl/N-ethyl adjacent to an activating group) is 1. The molecule has 1 aromatic rings. The van der Waals surface area contributed by atoms with Crippen molar-refractivity contribution in [2.75, 3.05) is 25.9 Å². The predicted molar refractivity (Wildman–Crippen MR) is 76.1 cm³/mol. The van der Waals surface area contributed by atoms with Crippen LogP contribution >= 0.6 is 0 Å². The Morgan fingerprint density at radius 2 is 2.00 bits per heavy atom. The summed E-state index contributed by atoms with van der Waals surface area (Å²) in [5.74, 6) is 0.0658. The van der Waals surface area contributed by atoms with Gasteiger partial charge in [0.25, 0.3) is 5.91 Å². The van der Waals surface area contributed by atoms with Crippen LogP contribution in [0.15, 0.2) is 12.1 Å². The van der Waals surface area contributed by atoms with Crippen LogP contribution in [0.4, 0.5) is 5.82 Å². The van der Waals surface area contributed by atoms with E-state index in [-0.39, 0.29) is 11.8 Å². The number of anilines is 1. The van der Waals surface area contributed by atoms with Gasteiger partial charge in [-0.25, -0.2) is 4.98 Å². The van der Waals surface area contributed by atoms with E-state index in [1.165, 1.54) is 0 Å². The van der Waals surface area contributed by atoms with Gasteiger partial charge < -0.3 is 15.5 Å². The molecule has 1 aliphatic rings. The minimum absolute atomic E-state index is 0.0594. The van der Waals surface area contributed by atoms with Crippen LogP contribution in [0.5, 0.6) is 0 Å². The Bertz CT molecular complexity index is 548. The summed E-state index contributed by atoms with van der Waals surface area (Å²) in [6, 6.07) is 3.24. The molecule has 0 saturated carbocycles. The van der Waals surface area contributed by atoms with Gasteiger partial charge in [0.15, 0.2) is 0 Å². The summed E-state index contributed by atoms with van der Waals surface area (Å²) < 4.78 is 0. The SMILES string of the molecule is Cc1cc(C(=O)N2CCN(C)C(=O)C2(C)C)cc(N)n1. The smallest absolute Gasteiger partial charge is 0.254 e. The number of aryl methyl sites for hydroxylation is 1. The molecule has 2 rings (SSSR count). The number of carbonyl (C=O) groups excluding carboxylic acids is 2. The minimum atomic E-state index is -0.851. The van der Waals surface area contributed by atoms with E-state index in [2.05, 4.69) is 4.98 Å². The third-order valence-corrected chi connectivity index (χ3v) is 3.67. The van der Waals surface area contributed by atoms with Crippen LogP contribution in [0, 0.1) is 6.92 Å². The summed E-state index contributed by atoms with van der Waals surface area (Å²) in [6.07, 6.45) is 0. The number of aromatic nitrogens is 1. The monoisotopic (exact) mass is 276 g/mol. The van der Waals surface area contributed by atoms with E-state index >= 15 is 0 Å². The van der Waals surface area contributed by atoms with Gasteiger partial charge in [-0.3, -0.25) is 9.59 Å². The number of piperazine rings is 1. The number of hydrogen-bond donors (Lipinski definition) is 1. The molecule has 2 N–H and O–H groups in total. The predicted octanol–water partition coefficient (Wildman–Crippen LogP) is 0.665. The molecule has 20 heavy (non-hydrogen) atoms. The molecule has 2 amide bonds. The van der Waals surface area contributed by atoms with Crippen LogP contribution in [0.2, 0.25) is 0 Å². The van der Waals surface area contributed by atoms with Crippen molar-refractivity contribution >= 4 is 17.6 Å². The molecule has 1 aromatic heterocycles. The second kappa shape index (κ2) is 4.77. The maximum Gasteiger partial charge on any atom is 0.254 e. The van der Waals surface area contributed by atoms with Crippen molar-refractivity contribution in [1.82, 2.24) is 14.8 Å². The van der Waals surface area contributed by atoms with E-state index in [0.717, 1.165) is 0 Å². The quantitative estimate of drug-likeness (QED) is 0.817. The summed E-state index contributed by atoms with van der Waals surface area (Å²) in [5.41, 5.74) is 5.99. The average molecular weight is 276 g/mol. The highest BCUT2D eigenvalue weighted by Gasteiger charge is 2.43. The molecular formula is C14H20N4O2. The van der Waals surface area contributed by atoms with E-state index in [9.17, 15) is 9.59 Å². The number of carbonyl (C=O) groups is 2. The molecule has 1 fully saturated rings. The van der Waals surface area contributed by atoms with E-state index in [1.807, 2.05) is 0 Å². The Morgan fingerprint density at radius 1 is 1.35 bits per heavy atom. The first kappa shape index (κ1) is 14.3. The number of pyridine rings is 1. The van der Waals surface area contributed by atoms with Crippen LogP contribution in [-0.2, 0) is 4.79 Å². The lowest BCUT2D eigenvalue weighted by atomic mass is 9.96. The Labute approximate surface area is 118 Å². The zero-order chi connectivity index (χ0) is 15.1. The molecule has 0 unspecified atom stereocenters. The van der Waals surface area contributed by atoms with Crippen LogP contribution in [0.3, 0.4) is 0 Å². The molecule has 0 atom stereocenters. The van der Waals surface area contributed by atoms with E-state index < -0.39 is 5.54 Å². The zero-order valence-electron chi connectivity index (χ0n) is 12.3. The highest BCUT2D eigenvalue weighted by molar-refractivity contribution is 6.00. The number of amides is 2. The minimum Gasteiger partial charge on any atom is -0.384 e. The number of nitrogen functional groups attached to an aromatic ring is 1. The fraction of sp³-hybridized carbons (Fsp3) is 0.500. The first-order valence-corrected chi connectivity index (χ1v) is 6.55. The second-order valence-electron chi connectivity index (χ2n) is 5.66. The normalized spacial score (nSPS) is 18.3. The number of rotatable bonds is 1. The third kappa shape index (κ3) is 2.33. The highest BCUT2D eigenvalue weighted by atomic mass is 16.2. The molecular weight excluding hydrogens is 256 g/mol. The molecule has 0 radical (unpaired) electrons. The van der Waals surface area contributed by atoms with Gasteiger partial charge in [0.2, 0.25) is 5.91 Å². The van der Waals surface area contributed by atoms with Gasteiger partial charge in [0.05, 0.1) is 0 Å². The van der Waals surface area contributed by atoms with Crippen LogP contribution in [0.25, 0.3) is 0 Å². The summed E-state index contributed by atoms with van der Waals surface area (Å²) in [5, 5.41) is 0. The van der Waals surface area contributed by atoms with E-state index in [1.54, 1.807) is 49.8 Å². The Morgan fingerprint density at radius 3 is 2.60 bits per heavy atom. The molecule has 1 aliphatic heterocycles. The van der Waals surface area contributed by atoms with Crippen molar-refractivity contribution in [3.05, 3.63) is 23.4 Å². The fourth-order valence-corrected chi connectivity index (χ4v) is 2.54.